The topological polar surface area (TPSA) is 97.4 Å². The number of unbranched alkanes of at least 4 members (excludes halogenated alkanes) is 2. The second-order valence-electron chi connectivity index (χ2n) is 7.23. The van der Waals surface area contributed by atoms with Crippen molar-refractivity contribution in [1.82, 2.24) is 9.71 Å². The summed E-state index contributed by atoms with van der Waals surface area (Å²) < 4.78 is 32.2. The summed E-state index contributed by atoms with van der Waals surface area (Å²) in [6.45, 7) is 3.00. The molecule has 9 heteroatoms. The largest absolute Gasteiger partial charge is 0.497 e. The van der Waals surface area contributed by atoms with Crippen molar-refractivity contribution in [2.75, 3.05) is 25.5 Å². The van der Waals surface area contributed by atoms with E-state index in [0.29, 0.717) is 34.4 Å². The standard InChI is InChI=1S/C23H27N3O4S2/c1-17-8-4-5-9-20(17)22(27)21-16-25-23(31-21)24-14-6-3-7-15-26-32(28,29)19-12-10-18(30-2)11-13-19/h4-5,8-13,16,26H,3,6-7,14-15H2,1-2H3,(H,24,25). The number of nitrogens with one attached hydrogen (secondary N) is 2. The fourth-order valence-corrected chi connectivity index (χ4v) is 4.96. The number of carbonyl (C=O) groups excluding carboxylic acids is 1. The van der Waals surface area contributed by atoms with Crippen LogP contribution in [-0.4, -0.2) is 39.4 Å². The van der Waals surface area contributed by atoms with Crippen LogP contribution in [0, 0.1) is 6.92 Å². The van der Waals surface area contributed by atoms with Crippen molar-refractivity contribution in [3.63, 3.8) is 0 Å². The monoisotopic (exact) mass is 473 g/mol. The van der Waals surface area contributed by atoms with E-state index in [2.05, 4.69) is 15.0 Å². The number of nitrogens with zero attached hydrogens (tertiary/aromatic N) is 1. The lowest BCUT2D eigenvalue weighted by atomic mass is 10.0. The summed E-state index contributed by atoms with van der Waals surface area (Å²) in [5.41, 5.74) is 1.64. The SMILES string of the molecule is COc1ccc(S(=O)(=O)NCCCCCNc2ncc(C(=O)c3ccccc3C)s2)cc1. The van der Waals surface area contributed by atoms with Crippen LogP contribution in [0.1, 0.15) is 40.1 Å². The number of methoxy groups -OCH3 is 1. The zero-order valence-corrected chi connectivity index (χ0v) is 19.8. The number of rotatable bonds is 12. The second-order valence-corrected chi connectivity index (χ2v) is 10.0. The maximum absolute atomic E-state index is 12.6. The quantitative estimate of drug-likeness (QED) is 0.301. The highest BCUT2D eigenvalue weighted by molar-refractivity contribution is 7.89. The van der Waals surface area contributed by atoms with Gasteiger partial charge in [-0.05, 0) is 49.6 Å². The molecule has 0 spiro atoms. The molecule has 0 aliphatic carbocycles. The van der Waals surface area contributed by atoms with E-state index in [1.807, 2.05) is 31.2 Å². The molecule has 0 bridgehead atoms. The van der Waals surface area contributed by atoms with E-state index in [9.17, 15) is 13.2 Å². The number of ketones is 1. The van der Waals surface area contributed by atoms with Crippen LogP contribution in [0.5, 0.6) is 5.75 Å². The number of aryl methyl sites for hydroxylation is 1. The lowest BCUT2D eigenvalue weighted by molar-refractivity contribution is 0.104. The number of aromatic nitrogens is 1. The Morgan fingerprint density at radius 2 is 1.75 bits per heavy atom. The molecule has 7 nitrogen and oxygen atoms in total. The molecule has 3 rings (SSSR count). The minimum Gasteiger partial charge on any atom is -0.497 e. The second kappa shape index (κ2) is 11.2. The molecule has 1 aromatic heterocycles. The molecule has 0 atom stereocenters. The van der Waals surface area contributed by atoms with Gasteiger partial charge in [-0.2, -0.15) is 0 Å². The van der Waals surface area contributed by atoms with Gasteiger partial charge in [-0.15, -0.1) is 0 Å². The maximum Gasteiger partial charge on any atom is 0.240 e. The molecule has 3 aromatic rings. The Morgan fingerprint density at radius 1 is 1.03 bits per heavy atom. The number of hydrogen-bond acceptors (Lipinski definition) is 7. The summed E-state index contributed by atoms with van der Waals surface area (Å²) in [4.78, 5) is 17.7. The van der Waals surface area contributed by atoms with E-state index in [1.54, 1.807) is 18.3 Å². The average Bonchev–Trinajstić information content (AvgIpc) is 3.27. The first-order chi connectivity index (χ1) is 15.4. The van der Waals surface area contributed by atoms with Gasteiger partial charge in [0.25, 0.3) is 0 Å². The normalized spacial score (nSPS) is 11.3. The third-order valence-electron chi connectivity index (χ3n) is 4.91. The summed E-state index contributed by atoms with van der Waals surface area (Å²) in [5.74, 6) is 0.598. The highest BCUT2D eigenvalue weighted by atomic mass is 32.2. The van der Waals surface area contributed by atoms with Crippen LogP contribution >= 0.6 is 11.3 Å². The third-order valence-corrected chi connectivity index (χ3v) is 7.34. The predicted molar refractivity (Wildman–Crippen MR) is 127 cm³/mol. The van der Waals surface area contributed by atoms with Crippen LogP contribution in [0.25, 0.3) is 0 Å². The predicted octanol–water partition coefficient (Wildman–Crippen LogP) is 4.25. The molecule has 1 heterocycles. The lowest BCUT2D eigenvalue weighted by Crippen LogP contribution is -2.24. The van der Waals surface area contributed by atoms with Gasteiger partial charge in [0.15, 0.2) is 5.13 Å². The summed E-state index contributed by atoms with van der Waals surface area (Å²) in [7, 11) is -1.98. The van der Waals surface area contributed by atoms with Crippen LogP contribution in [-0.2, 0) is 10.0 Å². The molecule has 2 N–H and O–H groups in total. The molecule has 0 fully saturated rings. The van der Waals surface area contributed by atoms with Crippen molar-refractivity contribution in [2.45, 2.75) is 31.1 Å². The fraction of sp³-hybridized carbons (Fsp3) is 0.304. The molecule has 0 saturated heterocycles. The van der Waals surface area contributed by atoms with Crippen molar-refractivity contribution < 1.29 is 17.9 Å². The molecular weight excluding hydrogens is 446 g/mol. The molecule has 32 heavy (non-hydrogen) atoms. The molecule has 0 saturated carbocycles. The van der Waals surface area contributed by atoms with Gasteiger partial charge >= 0.3 is 0 Å². The van der Waals surface area contributed by atoms with Gasteiger partial charge in [0.05, 0.1) is 23.1 Å². The highest BCUT2D eigenvalue weighted by Gasteiger charge is 2.15. The van der Waals surface area contributed by atoms with Crippen LogP contribution in [0.15, 0.2) is 59.6 Å². The first kappa shape index (κ1) is 23.9. The average molecular weight is 474 g/mol. The number of carbonyl (C=O) groups is 1. The summed E-state index contributed by atoms with van der Waals surface area (Å²) in [6.07, 6.45) is 4.06. The Kier molecular flexibility index (Phi) is 8.38. The summed E-state index contributed by atoms with van der Waals surface area (Å²) in [5, 5.41) is 3.94. The van der Waals surface area contributed by atoms with Gasteiger partial charge in [-0.25, -0.2) is 18.1 Å². The Bertz CT molecular complexity index is 1140. The number of benzene rings is 2. The fourth-order valence-electron chi connectivity index (χ4n) is 3.09. The van der Waals surface area contributed by atoms with Gasteiger partial charge in [-0.1, -0.05) is 42.0 Å². The lowest BCUT2D eigenvalue weighted by Gasteiger charge is -2.08. The first-order valence-corrected chi connectivity index (χ1v) is 12.6. The Labute approximate surface area is 192 Å². The molecule has 0 aliphatic heterocycles. The molecule has 170 valence electrons. The maximum atomic E-state index is 12.6. The third kappa shape index (κ3) is 6.38. The molecule has 2 aromatic carbocycles. The van der Waals surface area contributed by atoms with E-state index in [1.165, 1.54) is 30.6 Å². The Balaban J connectivity index is 1.36. The highest BCUT2D eigenvalue weighted by Crippen LogP contribution is 2.22. The van der Waals surface area contributed by atoms with Crippen LogP contribution in [0.4, 0.5) is 5.13 Å². The van der Waals surface area contributed by atoms with E-state index >= 15 is 0 Å². The molecular formula is C23H27N3O4S2. The first-order valence-electron chi connectivity index (χ1n) is 10.3. The van der Waals surface area contributed by atoms with Crippen LogP contribution < -0.4 is 14.8 Å². The van der Waals surface area contributed by atoms with Crippen molar-refractivity contribution >= 4 is 32.3 Å². The van der Waals surface area contributed by atoms with Crippen molar-refractivity contribution in [2.24, 2.45) is 0 Å². The van der Waals surface area contributed by atoms with E-state index in [-0.39, 0.29) is 10.7 Å². The van der Waals surface area contributed by atoms with Crippen molar-refractivity contribution in [3.8, 4) is 5.75 Å². The van der Waals surface area contributed by atoms with Gasteiger partial charge in [0.1, 0.15) is 5.75 Å². The molecule has 0 radical (unpaired) electrons. The van der Waals surface area contributed by atoms with E-state index in [0.717, 1.165) is 24.8 Å². The number of ether oxygens (including phenoxy) is 1. The number of hydrogen-bond donors (Lipinski definition) is 2. The molecule has 0 unspecified atom stereocenters. The minimum atomic E-state index is -3.51. The van der Waals surface area contributed by atoms with Crippen molar-refractivity contribution in [1.29, 1.82) is 0 Å². The summed E-state index contributed by atoms with van der Waals surface area (Å²) in [6, 6.07) is 13.8. The van der Waals surface area contributed by atoms with Gasteiger partial charge < -0.3 is 10.1 Å². The number of thiazole rings is 1. The Hall–Kier alpha value is -2.75. The van der Waals surface area contributed by atoms with Gasteiger partial charge in [0, 0.05) is 18.7 Å². The van der Waals surface area contributed by atoms with Crippen molar-refractivity contribution in [3.05, 3.63) is 70.7 Å². The van der Waals surface area contributed by atoms with Gasteiger partial charge in [-0.3, -0.25) is 4.79 Å². The number of anilines is 1. The summed E-state index contributed by atoms with van der Waals surface area (Å²) >= 11 is 1.34. The zero-order valence-electron chi connectivity index (χ0n) is 18.1. The minimum absolute atomic E-state index is 0.0159. The zero-order chi connectivity index (χ0) is 23.0. The molecule has 0 amide bonds. The van der Waals surface area contributed by atoms with Crippen LogP contribution in [0.2, 0.25) is 0 Å². The molecule has 0 aliphatic rings. The van der Waals surface area contributed by atoms with E-state index in [4.69, 9.17) is 4.74 Å². The number of sulfonamides is 1. The van der Waals surface area contributed by atoms with E-state index < -0.39 is 10.0 Å². The Morgan fingerprint density at radius 3 is 2.47 bits per heavy atom. The van der Waals surface area contributed by atoms with Crippen LogP contribution in [0.3, 0.4) is 0 Å². The van der Waals surface area contributed by atoms with Gasteiger partial charge in [0.2, 0.25) is 15.8 Å². The smallest absolute Gasteiger partial charge is 0.240 e.